The number of rotatable bonds is 5. The molecule has 110 valence electrons. The molecule has 0 spiro atoms. The van der Waals surface area contributed by atoms with E-state index in [0.717, 1.165) is 25.7 Å². The molecule has 3 unspecified atom stereocenters. The molecular formula is C14H27N3O2. The summed E-state index contributed by atoms with van der Waals surface area (Å²) in [4.78, 5) is 25.5. The van der Waals surface area contributed by atoms with Gasteiger partial charge in [0.25, 0.3) is 0 Å². The fraction of sp³-hybridized carbons (Fsp3) is 0.857. The molecule has 0 aliphatic heterocycles. The Balaban J connectivity index is 2.45. The van der Waals surface area contributed by atoms with Crippen LogP contribution in [0.3, 0.4) is 0 Å². The van der Waals surface area contributed by atoms with Gasteiger partial charge in [-0.15, -0.1) is 0 Å². The van der Waals surface area contributed by atoms with Gasteiger partial charge in [-0.25, -0.2) is 0 Å². The average Bonchev–Trinajstić information content (AvgIpc) is 2.35. The highest BCUT2D eigenvalue weighted by molar-refractivity contribution is 5.85. The van der Waals surface area contributed by atoms with E-state index in [1.54, 1.807) is 11.9 Å². The molecule has 3 N–H and O–H groups in total. The summed E-state index contributed by atoms with van der Waals surface area (Å²) < 4.78 is 0. The van der Waals surface area contributed by atoms with Gasteiger partial charge in [-0.2, -0.15) is 0 Å². The lowest BCUT2D eigenvalue weighted by Crippen LogP contribution is -2.45. The highest BCUT2D eigenvalue weighted by Crippen LogP contribution is 2.30. The summed E-state index contributed by atoms with van der Waals surface area (Å²) in [7, 11) is 1.70. The Kier molecular flexibility index (Phi) is 6.28. The van der Waals surface area contributed by atoms with Crippen LogP contribution < -0.4 is 11.1 Å². The lowest BCUT2D eigenvalue weighted by Gasteiger charge is -2.33. The van der Waals surface area contributed by atoms with Crippen LogP contribution >= 0.6 is 0 Å². The summed E-state index contributed by atoms with van der Waals surface area (Å²) in [5, 5.41) is 2.79. The summed E-state index contributed by atoms with van der Waals surface area (Å²) in [6, 6.07) is 0.220. The predicted octanol–water partition coefficient (Wildman–Crippen LogP) is 0.735. The van der Waals surface area contributed by atoms with Gasteiger partial charge in [-0.3, -0.25) is 9.59 Å². The second-order valence-electron chi connectivity index (χ2n) is 5.70. The predicted molar refractivity (Wildman–Crippen MR) is 75.4 cm³/mol. The van der Waals surface area contributed by atoms with Crippen molar-refractivity contribution in [1.82, 2.24) is 10.2 Å². The second-order valence-corrected chi connectivity index (χ2v) is 5.70. The molecule has 5 nitrogen and oxygen atoms in total. The van der Waals surface area contributed by atoms with E-state index in [-0.39, 0.29) is 30.3 Å². The van der Waals surface area contributed by atoms with E-state index in [0.29, 0.717) is 12.5 Å². The Morgan fingerprint density at radius 3 is 2.63 bits per heavy atom. The first-order valence-electron chi connectivity index (χ1n) is 7.23. The van der Waals surface area contributed by atoms with Gasteiger partial charge in [0, 0.05) is 25.6 Å². The van der Waals surface area contributed by atoms with Gasteiger partial charge in [0.1, 0.15) is 0 Å². The van der Waals surface area contributed by atoms with Crippen molar-refractivity contribution in [2.75, 3.05) is 20.1 Å². The minimum atomic E-state index is -0.0853. The van der Waals surface area contributed by atoms with Crippen LogP contribution in [-0.4, -0.2) is 42.9 Å². The van der Waals surface area contributed by atoms with Crippen molar-refractivity contribution in [1.29, 1.82) is 0 Å². The molecule has 0 saturated heterocycles. The van der Waals surface area contributed by atoms with Crippen molar-refractivity contribution < 1.29 is 9.59 Å². The van der Waals surface area contributed by atoms with E-state index < -0.39 is 0 Å². The van der Waals surface area contributed by atoms with Gasteiger partial charge in [-0.1, -0.05) is 13.8 Å². The zero-order valence-corrected chi connectivity index (χ0v) is 12.3. The van der Waals surface area contributed by atoms with Gasteiger partial charge < -0.3 is 16.0 Å². The summed E-state index contributed by atoms with van der Waals surface area (Å²) in [6.45, 7) is 4.89. The molecule has 19 heavy (non-hydrogen) atoms. The van der Waals surface area contributed by atoms with Gasteiger partial charge in [0.05, 0.1) is 6.54 Å². The Bertz CT molecular complexity index is 320. The highest BCUT2D eigenvalue weighted by Gasteiger charge is 2.32. The Labute approximate surface area is 115 Å². The smallest absolute Gasteiger partial charge is 0.239 e. The van der Waals surface area contributed by atoms with Crippen molar-refractivity contribution in [3.05, 3.63) is 0 Å². The zero-order valence-electron chi connectivity index (χ0n) is 12.3. The number of hydrogen-bond acceptors (Lipinski definition) is 3. The summed E-state index contributed by atoms with van der Waals surface area (Å²) >= 11 is 0. The largest absolute Gasteiger partial charge is 0.355 e. The van der Waals surface area contributed by atoms with Gasteiger partial charge >= 0.3 is 0 Å². The molecule has 0 aromatic heterocycles. The first-order valence-corrected chi connectivity index (χ1v) is 7.23. The number of hydrogen-bond donors (Lipinski definition) is 2. The zero-order chi connectivity index (χ0) is 14.4. The molecule has 0 aromatic rings. The monoisotopic (exact) mass is 269 g/mol. The van der Waals surface area contributed by atoms with Crippen LogP contribution in [0.25, 0.3) is 0 Å². The molecule has 0 heterocycles. The number of amides is 2. The molecule has 0 bridgehead atoms. The number of likely N-dealkylation sites (N-methyl/N-ethyl adjacent to an activating group) is 1. The quantitative estimate of drug-likeness (QED) is 0.773. The summed E-state index contributed by atoms with van der Waals surface area (Å²) in [5.74, 6) is 0.310. The Hall–Kier alpha value is -1.10. The molecule has 3 atom stereocenters. The standard InChI is InChI=1S/C14H27N3O2/c1-4-7-16-13(18)9-17(3)14(19)12-6-5-11(15)8-10(12)2/h10-12H,4-9,15H2,1-3H3,(H,16,18). The number of nitrogens with zero attached hydrogens (tertiary/aromatic N) is 1. The van der Waals surface area contributed by atoms with Crippen LogP contribution in [0.5, 0.6) is 0 Å². The number of nitrogens with one attached hydrogen (secondary N) is 1. The number of carbonyl (C=O) groups is 2. The maximum Gasteiger partial charge on any atom is 0.239 e. The van der Waals surface area contributed by atoms with E-state index >= 15 is 0 Å². The third-order valence-corrected chi connectivity index (χ3v) is 3.86. The van der Waals surface area contributed by atoms with Crippen LogP contribution in [0.2, 0.25) is 0 Å². The molecule has 1 aliphatic rings. The molecule has 1 rings (SSSR count). The van der Waals surface area contributed by atoms with Crippen LogP contribution in [0.1, 0.15) is 39.5 Å². The van der Waals surface area contributed by atoms with Gasteiger partial charge in [0.15, 0.2) is 0 Å². The number of nitrogens with two attached hydrogens (primary N) is 1. The second kappa shape index (κ2) is 7.48. The van der Waals surface area contributed by atoms with Crippen molar-refractivity contribution in [2.24, 2.45) is 17.6 Å². The van der Waals surface area contributed by atoms with Crippen molar-refractivity contribution in [3.63, 3.8) is 0 Å². The van der Waals surface area contributed by atoms with E-state index in [1.807, 2.05) is 6.92 Å². The van der Waals surface area contributed by atoms with E-state index in [9.17, 15) is 9.59 Å². The normalized spacial score (nSPS) is 26.8. The fourth-order valence-corrected chi connectivity index (χ4v) is 2.70. The maximum atomic E-state index is 12.3. The molecule has 1 fully saturated rings. The van der Waals surface area contributed by atoms with Crippen LogP contribution in [0, 0.1) is 11.8 Å². The Morgan fingerprint density at radius 1 is 1.37 bits per heavy atom. The molecule has 2 amide bonds. The molecule has 1 saturated carbocycles. The minimum absolute atomic E-state index is 0.0174. The van der Waals surface area contributed by atoms with Crippen LogP contribution in [0.15, 0.2) is 0 Å². The molecule has 0 aromatic carbocycles. The summed E-state index contributed by atoms with van der Waals surface area (Å²) in [6.07, 6.45) is 3.53. The number of carbonyl (C=O) groups excluding carboxylic acids is 2. The molecule has 5 heteroatoms. The molecular weight excluding hydrogens is 242 g/mol. The summed E-state index contributed by atoms with van der Waals surface area (Å²) in [5.41, 5.74) is 5.91. The molecule has 0 radical (unpaired) electrons. The Morgan fingerprint density at radius 2 is 2.05 bits per heavy atom. The molecule has 1 aliphatic carbocycles. The van der Waals surface area contributed by atoms with Crippen molar-refractivity contribution >= 4 is 11.8 Å². The first-order chi connectivity index (χ1) is 8.95. The van der Waals surface area contributed by atoms with Gasteiger partial charge in [0.2, 0.25) is 11.8 Å². The fourth-order valence-electron chi connectivity index (χ4n) is 2.70. The highest BCUT2D eigenvalue weighted by atomic mass is 16.2. The van der Waals surface area contributed by atoms with Crippen molar-refractivity contribution in [3.8, 4) is 0 Å². The van der Waals surface area contributed by atoms with E-state index in [1.165, 1.54) is 0 Å². The third-order valence-electron chi connectivity index (χ3n) is 3.86. The van der Waals surface area contributed by atoms with Crippen LogP contribution in [-0.2, 0) is 9.59 Å². The maximum absolute atomic E-state index is 12.3. The minimum Gasteiger partial charge on any atom is -0.355 e. The third kappa shape index (κ3) is 4.82. The van der Waals surface area contributed by atoms with E-state index in [4.69, 9.17) is 5.73 Å². The SMILES string of the molecule is CCCNC(=O)CN(C)C(=O)C1CCC(N)CC1C. The van der Waals surface area contributed by atoms with Crippen LogP contribution in [0.4, 0.5) is 0 Å². The van der Waals surface area contributed by atoms with E-state index in [2.05, 4.69) is 12.2 Å². The lowest BCUT2D eigenvalue weighted by atomic mass is 9.77. The average molecular weight is 269 g/mol. The van der Waals surface area contributed by atoms with Gasteiger partial charge in [-0.05, 0) is 31.6 Å². The first kappa shape index (κ1) is 16.0. The topological polar surface area (TPSA) is 75.4 Å². The van der Waals surface area contributed by atoms with Crippen molar-refractivity contribution in [2.45, 2.75) is 45.6 Å². The lowest BCUT2D eigenvalue weighted by molar-refractivity contribution is -0.140.